The maximum atomic E-state index is 9.49. The van der Waals surface area contributed by atoms with Crippen molar-refractivity contribution < 1.29 is 5.11 Å². The van der Waals surface area contributed by atoms with Gasteiger partial charge in [-0.2, -0.15) is 0 Å². The Labute approximate surface area is 76.6 Å². The lowest BCUT2D eigenvalue weighted by Gasteiger charge is -2.15. The van der Waals surface area contributed by atoms with E-state index in [1.165, 1.54) is 6.42 Å². The van der Waals surface area contributed by atoms with Crippen molar-refractivity contribution in [1.82, 2.24) is 4.90 Å². The molecule has 0 bridgehead atoms. The average molecular weight is 173 g/mol. The Morgan fingerprint density at radius 3 is 2.17 bits per heavy atom. The second-order valence-corrected chi connectivity index (χ2v) is 4.24. The van der Waals surface area contributed by atoms with E-state index >= 15 is 0 Å². The Bertz CT molecular complexity index is 102. The van der Waals surface area contributed by atoms with Crippen LogP contribution < -0.4 is 0 Å². The minimum atomic E-state index is -0.140. The summed E-state index contributed by atoms with van der Waals surface area (Å²) >= 11 is 0. The minimum absolute atomic E-state index is 0.140. The summed E-state index contributed by atoms with van der Waals surface area (Å²) in [6.45, 7) is 5.23. The fourth-order valence-electron chi connectivity index (χ4n) is 1.27. The molecule has 0 aromatic carbocycles. The number of rotatable bonds is 6. The molecule has 1 N–H and O–H groups in total. The molecule has 0 aliphatic heterocycles. The van der Waals surface area contributed by atoms with Crippen LogP contribution in [-0.4, -0.2) is 36.8 Å². The number of aliphatic hydroxyl groups excluding tert-OH is 1. The average Bonchev–Trinajstić information content (AvgIpc) is 1.84. The minimum Gasteiger partial charge on any atom is -0.392 e. The first kappa shape index (κ1) is 11.9. The van der Waals surface area contributed by atoms with Gasteiger partial charge in [-0.1, -0.05) is 26.7 Å². The van der Waals surface area contributed by atoms with Gasteiger partial charge in [-0.05, 0) is 26.4 Å². The van der Waals surface area contributed by atoms with Crippen LogP contribution in [0.1, 0.15) is 33.1 Å². The van der Waals surface area contributed by atoms with E-state index in [-0.39, 0.29) is 6.10 Å². The molecule has 2 heteroatoms. The van der Waals surface area contributed by atoms with Crippen LogP contribution in [0.3, 0.4) is 0 Å². The maximum absolute atomic E-state index is 9.49. The van der Waals surface area contributed by atoms with Crippen LogP contribution in [0, 0.1) is 5.92 Å². The second-order valence-electron chi connectivity index (χ2n) is 4.24. The first-order valence-electron chi connectivity index (χ1n) is 4.85. The quantitative estimate of drug-likeness (QED) is 0.661. The fourth-order valence-corrected chi connectivity index (χ4v) is 1.27. The lowest BCUT2D eigenvalue weighted by molar-refractivity contribution is 0.124. The number of hydrogen-bond donors (Lipinski definition) is 1. The summed E-state index contributed by atoms with van der Waals surface area (Å²) in [5, 5.41) is 9.49. The lowest BCUT2D eigenvalue weighted by Crippen LogP contribution is -2.25. The molecule has 0 radical (unpaired) electrons. The van der Waals surface area contributed by atoms with Crippen molar-refractivity contribution in [2.24, 2.45) is 5.92 Å². The van der Waals surface area contributed by atoms with E-state index in [2.05, 4.69) is 13.8 Å². The molecule has 74 valence electrons. The number of likely N-dealkylation sites (N-methyl/N-ethyl adjacent to an activating group) is 1. The number of aliphatic hydroxyl groups is 1. The molecule has 0 rings (SSSR count). The van der Waals surface area contributed by atoms with Crippen molar-refractivity contribution in [3.8, 4) is 0 Å². The van der Waals surface area contributed by atoms with Crippen molar-refractivity contribution in [3.63, 3.8) is 0 Å². The molecular weight excluding hydrogens is 150 g/mol. The van der Waals surface area contributed by atoms with Gasteiger partial charge in [0.25, 0.3) is 0 Å². The molecule has 0 aromatic rings. The summed E-state index contributed by atoms with van der Waals surface area (Å²) in [6, 6.07) is 0. The van der Waals surface area contributed by atoms with Gasteiger partial charge in [-0.15, -0.1) is 0 Å². The van der Waals surface area contributed by atoms with Crippen LogP contribution >= 0.6 is 0 Å². The third-order valence-electron chi connectivity index (χ3n) is 1.89. The topological polar surface area (TPSA) is 23.5 Å². The van der Waals surface area contributed by atoms with Crippen molar-refractivity contribution in [2.45, 2.75) is 39.2 Å². The van der Waals surface area contributed by atoms with E-state index in [0.29, 0.717) is 0 Å². The smallest absolute Gasteiger partial charge is 0.0666 e. The third kappa shape index (κ3) is 8.02. The van der Waals surface area contributed by atoms with Gasteiger partial charge in [0.05, 0.1) is 6.10 Å². The Balaban J connectivity index is 3.25. The van der Waals surface area contributed by atoms with Crippen LogP contribution in [0.4, 0.5) is 0 Å². The first-order valence-corrected chi connectivity index (χ1v) is 4.85. The molecular formula is C10H23NO. The number of nitrogens with zero attached hydrogens (tertiary/aromatic N) is 1. The Morgan fingerprint density at radius 2 is 1.75 bits per heavy atom. The molecule has 1 atom stereocenters. The zero-order valence-corrected chi connectivity index (χ0v) is 8.88. The maximum Gasteiger partial charge on any atom is 0.0666 e. The SMILES string of the molecule is CC(C)CCCC(O)CN(C)C. The van der Waals surface area contributed by atoms with Crippen molar-refractivity contribution in [2.75, 3.05) is 20.6 Å². The highest BCUT2D eigenvalue weighted by atomic mass is 16.3. The van der Waals surface area contributed by atoms with Gasteiger partial charge < -0.3 is 10.0 Å². The predicted octanol–water partition coefficient (Wildman–Crippen LogP) is 1.74. The van der Waals surface area contributed by atoms with Gasteiger partial charge in [0.2, 0.25) is 0 Å². The van der Waals surface area contributed by atoms with Crippen LogP contribution in [0.2, 0.25) is 0 Å². The molecule has 0 saturated heterocycles. The highest BCUT2D eigenvalue weighted by Gasteiger charge is 2.05. The summed E-state index contributed by atoms with van der Waals surface area (Å²) in [7, 11) is 3.98. The molecule has 0 spiro atoms. The van der Waals surface area contributed by atoms with Crippen LogP contribution in [0.15, 0.2) is 0 Å². The summed E-state index contributed by atoms with van der Waals surface area (Å²) in [4.78, 5) is 2.03. The van der Waals surface area contributed by atoms with E-state index in [4.69, 9.17) is 0 Å². The highest BCUT2D eigenvalue weighted by Crippen LogP contribution is 2.08. The van der Waals surface area contributed by atoms with Gasteiger partial charge >= 0.3 is 0 Å². The van der Waals surface area contributed by atoms with Gasteiger partial charge in [-0.3, -0.25) is 0 Å². The largest absolute Gasteiger partial charge is 0.392 e. The monoisotopic (exact) mass is 173 g/mol. The molecule has 0 aromatic heterocycles. The number of hydrogen-bond acceptors (Lipinski definition) is 2. The molecule has 12 heavy (non-hydrogen) atoms. The first-order chi connectivity index (χ1) is 5.52. The van der Waals surface area contributed by atoms with Gasteiger partial charge in [-0.25, -0.2) is 0 Å². The van der Waals surface area contributed by atoms with E-state index < -0.39 is 0 Å². The predicted molar refractivity (Wildman–Crippen MR) is 53.2 cm³/mol. The standard InChI is InChI=1S/C10H23NO/c1-9(2)6-5-7-10(12)8-11(3)4/h9-10,12H,5-8H2,1-4H3. The summed E-state index contributed by atoms with van der Waals surface area (Å²) in [6.07, 6.45) is 3.17. The van der Waals surface area contributed by atoms with E-state index in [1.807, 2.05) is 19.0 Å². The third-order valence-corrected chi connectivity index (χ3v) is 1.89. The summed E-state index contributed by atoms with van der Waals surface area (Å²) < 4.78 is 0. The van der Waals surface area contributed by atoms with Crippen molar-refractivity contribution >= 4 is 0 Å². The Morgan fingerprint density at radius 1 is 1.17 bits per heavy atom. The molecule has 0 amide bonds. The molecule has 0 aliphatic rings. The molecule has 0 aliphatic carbocycles. The van der Waals surface area contributed by atoms with Crippen molar-refractivity contribution in [3.05, 3.63) is 0 Å². The molecule has 0 heterocycles. The summed E-state index contributed by atoms with van der Waals surface area (Å²) in [5.41, 5.74) is 0. The molecule has 0 saturated carbocycles. The van der Waals surface area contributed by atoms with Crippen molar-refractivity contribution in [1.29, 1.82) is 0 Å². The molecule has 0 fully saturated rings. The van der Waals surface area contributed by atoms with E-state index in [9.17, 15) is 5.11 Å². The zero-order valence-electron chi connectivity index (χ0n) is 8.88. The van der Waals surface area contributed by atoms with E-state index in [0.717, 1.165) is 25.3 Å². The van der Waals surface area contributed by atoms with Crippen LogP contribution in [0.25, 0.3) is 0 Å². The highest BCUT2D eigenvalue weighted by molar-refractivity contribution is 4.59. The van der Waals surface area contributed by atoms with Crippen LogP contribution in [0.5, 0.6) is 0 Å². The summed E-state index contributed by atoms with van der Waals surface area (Å²) in [5.74, 6) is 0.761. The second kappa shape index (κ2) is 6.44. The van der Waals surface area contributed by atoms with Gasteiger partial charge in [0.1, 0.15) is 0 Å². The van der Waals surface area contributed by atoms with Gasteiger partial charge in [0.15, 0.2) is 0 Å². The molecule has 1 unspecified atom stereocenters. The Kier molecular flexibility index (Phi) is 6.39. The van der Waals surface area contributed by atoms with Gasteiger partial charge in [0, 0.05) is 6.54 Å². The normalized spacial score (nSPS) is 14.2. The Hall–Kier alpha value is -0.0800. The van der Waals surface area contributed by atoms with E-state index in [1.54, 1.807) is 0 Å². The lowest BCUT2D eigenvalue weighted by atomic mass is 10.0. The zero-order chi connectivity index (χ0) is 9.56. The van der Waals surface area contributed by atoms with Crippen LogP contribution in [-0.2, 0) is 0 Å². The fraction of sp³-hybridized carbons (Fsp3) is 1.00. The molecule has 2 nitrogen and oxygen atoms in total.